The van der Waals surface area contributed by atoms with Gasteiger partial charge in [-0.25, -0.2) is 0 Å². The number of halogens is 1. The molecule has 0 atom stereocenters. The lowest BCUT2D eigenvalue weighted by atomic mass is 10.2. The molecule has 0 spiro atoms. The van der Waals surface area contributed by atoms with E-state index in [9.17, 15) is 4.39 Å². The molecule has 1 aromatic carbocycles. The Morgan fingerprint density at radius 2 is 2.00 bits per heavy atom. The first kappa shape index (κ1) is 5.47. The topological polar surface area (TPSA) is 13.1 Å². The van der Waals surface area contributed by atoms with Gasteiger partial charge in [0.2, 0.25) is 0 Å². The van der Waals surface area contributed by atoms with Crippen molar-refractivity contribution >= 4 is 10.8 Å². The number of hydrogen-bond acceptors (Lipinski definition) is 1. The Hall–Kier alpha value is -1.31. The fourth-order valence-electron chi connectivity index (χ4n) is 0.957. The highest BCUT2D eigenvalue weighted by Gasteiger charge is 2.01. The van der Waals surface area contributed by atoms with Crippen molar-refractivity contribution in [1.82, 2.24) is 0 Å². The molecular formula is C8H5FO. The van der Waals surface area contributed by atoms with E-state index in [0.717, 1.165) is 5.39 Å². The summed E-state index contributed by atoms with van der Waals surface area (Å²) in [5.41, 5.74) is 0. The van der Waals surface area contributed by atoms with Gasteiger partial charge in [-0.2, -0.15) is 4.39 Å². The summed E-state index contributed by atoms with van der Waals surface area (Å²) in [5.74, 6) is 0. The quantitative estimate of drug-likeness (QED) is 0.542. The maximum Gasteiger partial charge on any atom is 0.285 e. The third kappa shape index (κ3) is 0.620. The van der Waals surface area contributed by atoms with Gasteiger partial charge in [-0.3, -0.25) is 0 Å². The van der Waals surface area contributed by atoms with Crippen LogP contribution < -0.4 is 0 Å². The Kier molecular flexibility index (Phi) is 1.01. The fourth-order valence-corrected chi connectivity index (χ4v) is 0.957. The lowest BCUT2D eigenvalue weighted by Crippen LogP contribution is -1.64. The smallest absolute Gasteiger partial charge is 0.285 e. The fraction of sp³-hybridized carbons (Fsp3) is 0. The minimum Gasteiger partial charge on any atom is -0.439 e. The number of furan rings is 1. The summed E-state index contributed by atoms with van der Waals surface area (Å²) in [4.78, 5) is 0. The van der Waals surface area contributed by atoms with Crippen LogP contribution >= 0.6 is 0 Å². The van der Waals surface area contributed by atoms with Crippen molar-refractivity contribution in [2.24, 2.45) is 0 Å². The van der Waals surface area contributed by atoms with Gasteiger partial charge in [0.1, 0.15) is 6.26 Å². The standard InChI is InChI=1S/C8H5FO/c9-8-7-4-2-1-3-6(7)5-10-8/h1-5H. The molecule has 0 radical (unpaired) electrons. The molecular weight excluding hydrogens is 131 g/mol. The number of hydrogen-bond donors (Lipinski definition) is 0. The average molecular weight is 136 g/mol. The van der Waals surface area contributed by atoms with Gasteiger partial charge in [-0.05, 0) is 6.07 Å². The van der Waals surface area contributed by atoms with E-state index in [2.05, 4.69) is 4.42 Å². The summed E-state index contributed by atoms with van der Waals surface area (Å²) in [5, 5.41) is 1.35. The molecule has 0 unspecified atom stereocenters. The second-order valence-electron chi connectivity index (χ2n) is 2.10. The summed E-state index contributed by atoms with van der Waals surface area (Å²) in [6.45, 7) is 0. The molecule has 10 heavy (non-hydrogen) atoms. The molecule has 0 amide bonds. The van der Waals surface area contributed by atoms with Crippen LogP contribution in [-0.4, -0.2) is 0 Å². The third-order valence-corrected chi connectivity index (χ3v) is 1.46. The molecule has 0 fully saturated rings. The SMILES string of the molecule is Fc1occ2ccccc12. The van der Waals surface area contributed by atoms with Crippen LogP contribution in [0.2, 0.25) is 0 Å². The summed E-state index contributed by atoms with van der Waals surface area (Å²) < 4.78 is 17.1. The second-order valence-corrected chi connectivity index (χ2v) is 2.10. The number of benzene rings is 1. The van der Waals surface area contributed by atoms with E-state index in [1.165, 1.54) is 6.26 Å². The third-order valence-electron chi connectivity index (χ3n) is 1.46. The normalized spacial score (nSPS) is 10.5. The van der Waals surface area contributed by atoms with Crippen LogP contribution in [0.15, 0.2) is 34.9 Å². The largest absolute Gasteiger partial charge is 0.439 e. The van der Waals surface area contributed by atoms with Gasteiger partial charge in [0.05, 0.1) is 5.39 Å². The molecule has 1 aromatic heterocycles. The summed E-state index contributed by atoms with van der Waals surface area (Å²) >= 11 is 0. The maximum absolute atomic E-state index is 12.6. The highest BCUT2D eigenvalue weighted by molar-refractivity contribution is 5.81. The van der Waals surface area contributed by atoms with Crippen LogP contribution in [-0.2, 0) is 0 Å². The van der Waals surface area contributed by atoms with Crippen molar-refractivity contribution in [3.05, 3.63) is 36.5 Å². The second kappa shape index (κ2) is 1.84. The maximum atomic E-state index is 12.6. The zero-order valence-corrected chi connectivity index (χ0v) is 5.17. The Balaban J connectivity index is 2.93. The van der Waals surface area contributed by atoms with E-state index in [-0.39, 0.29) is 0 Å². The summed E-state index contributed by atoms with van der Waals surface area (Å²) in [6.07, 6.45) is 1.41. The molecule has 0 saturated heterocycles. The molecule has 0 aliphatic carbocycles. The Labute approximate surface area is 57.1 Å². The molecule has 2 heteroatoms. The van der Waals surface area contributed by atoms with Gasteiger partial charge in [0, 0.05) is 5.39 Å². The molecule has 0 aliphatic heterocycles. The molecule has 2 rings (SSSR count). The van der Waals surface area contributed by atoms with Crippen molar-refractivity contribution in [3.8, 4) is 0 Å². The molecule has 0 bridgehead atoms. The molecule has 1 heterocycles. The lowest BCUT2D eigenvalue weighted by molar-refractivity contribution is 0.366. The van der Waals surface area contributed by atoms with Gasteiger partial charge >= 0.3 is 0 Å². The van der Waals surface area contributed by atoms with E-state index in [4.69, 9.17) is 0 Å². The Morgan fingerprint density at radius 1 is 1.20 bits per heavy atom. The Morgan fingerprint density at radius 3 is 2.80 bits per heavy atom. The molecule has 0 saturated carbocycles. The Bertz CT molecular complexity index is 351. The molecule has 0 N–H and O–H groups in total. The first-order valence-corrected chi connectivity index (χ1v) is 2.99. The van der Waals surface area contributed by atoms with Crippen LogP contribution in [0.4, 0.5) is 4.39 Å². The van der Waals surface area contributed by atoms with Crippen LogP contribution in [0, 0.1) is 6.01 Å². The average Bonchev–Trinajstić information content (AvgIpc) is 2.34. The van der Waals surface area contributed by atoms with Gasteiger partial charge in [-0.1, -0.05) is 18.2 Å². The molecule has 1 nitrogen and oxygen atoms in total. The molecule has 0 aliphatic rings. The van der Waals surface area contributed by atoms with E-state index in [0.29, 0.717) is 5.39 Å². The van der Waals surface area contributed by atoms with Crippen LogP contribution in [0.25, 0.3) is 10.8 Å². The van der Waals surface area contributed by atoms with Crippen LogP contribution in [0.1, 0.15) is 0 Å². The summed E-state index contributed by atoms with van der Waals surface area (Å²) in [6, 6.07) is 6.62. The minimum absolute atomic E-state index is 0.504. The van der Waals surface area contributed by atoms with E-state index < -0.39 is 6.01 Å². The van der Waals surface area contributed by atoms with E-state index in [1.54, 1.807) is 12.1 Å². The monoisotopic (exact) mass is 136 g/mol. The van der Waals surface area contributed by atoms with E-state index >= 15 is 0 Å². The van der Waals surface area contributed by atoms with Crippen LogP contribution in [0.3, 0.4) is 0 Å². The predicted octanol–water partition coefficient (Wildman–Crippen LogP) is 2.57. The zero-order valence-electron chi connectivity index (χ0n) is 5.17. The van der Waals surface area contributed by atoms with Crippen molar-refractivity contribution in [2.75, 3.05) is 0 Å². The first-order valence-electron chi connectivity index (χ1n) is 2.99. The molecule has 2 aromatic rings. The van der Waals surface area contributed by atoms with Gasteiger partial charge in [0.15, 0.2) is 0 Å². The number of rotatable bonds is 0. The predicted molar refractivity (Wildman–Crippen MR) is 36.2 cm³/mol. The lowest BCUT2D eigenvalue weighted by Gasteiger charge is -1.82. The van der Waals surface area contributed by atoms with Crippen molar-refractivity contribution in [3.63, 3.8) is 0 Å². The first-order chi connectivity index (χ1) is 4.88. The van der Waals surface area contributed by atoms with Gasteiger partial charge in [0.25, 0.3) is 6.01 Å². The minimum atomic E-state index is -0.504. The highest BCUT2D eigenvalue weighted by atomic mass is 19.1. The van der Waals surface area contributed by atoms with Crippen LogP contribution in [0.5, 0.6) is 0 Å². The van der Waals surface area contributed by atoms with Crippen molar-refractivity contribution in [1.29, 1.82) is 0 Å². The van der Waals surface area contributed by atoms with Gasteiger partial charge < -0.3 is 4.42 Å². The summed E-state index contributed by atoms with van der Waals surface area (Å²) in [7, 11) is 0. The van der Waals surface area contributed by atoms with Crippen molar-refractivity contribution in [2.45, 2.75) is 0 Å². The molecule has 50 valence electrons. The van der Waals surface area contributed by atoms with Gasteiger partial charge in [-0.15, -0.1) is 0 Å². The zero-order chi connectivity index (χ0) is 6.97. The highest BCUT2D eigenvalue weighted by Crippen LogP contribution is 2.17. The van der Waals surface area contributed by atoms with E-state index in [1.807, 2.05) is 12.1 Å². The number of fused-ring (bicyclic) bond motifs is 1. The van der Waals surface area contributed by atoms with Crippen molar-refractivity contribution < 1.29 is 8.81 Å².